The number of hydrogen-bond donors (Lipinski definition) is 1. The standard InChI is InChI=1S/C26H20F5N5O2/c1-15(32)10-21(33-17-5-3-4-16(11-17)26(29,30)31)25-23(37)8-9-36(34-25)22-7-6-18(12-24(22)38-2)35-13-19(27)20(28)14-35/h3-14H,32H2,1-2H3. The van der Waals surface area contributed by atoms with Crippen molar-refractivity contribution >= 4 is 11.4 Å². The van der Waals surface area contributed by atoms with E-state index >= 15 is 0 Å². The number of aliphatic imine (C=N–C) groups is 1. The van der Waals surface area contributed by atoms with Crippen molar-refractivity contribution in [3.05, 3.63) is 112 Å². The molecule has 0 amide bonds. The molecule has 2 N–H and O–H groups in total. The van der Waals surface area contributed by atoms with Gasteiger partial charge in [-0.3, -0.25) is 4.79 Å². The van der Waals surface area contributed by atoms with Crippen LogP contribution in [-0.4, -0.2) is 27.2 Å². The van der Waals surface area contributed by atoms with E-state index in [0.29, 0.717) is 11.4 Å². The van der Waals surface area contributed by atoms with Gasteiger partial charge < -0.3 is 15.0 Å². The number of halogens is 5. The van der Waals surface area contributed by atoms with E-state index in [1.807, 2.05) is 0 Å². The lowest BCUT2D eigenvalue weighted by atomic mass is 10.1. The molecule has 4 aromatic rings. The van der Waals surface area contributed by atoms with Crippen LogP contribution in [0.4, 0.5) is 27.6 Å². The van der Waals surface area contributed by atoms with Crippen molar-refractivity contribution in [1.82, 2.24) is 14.3 Å². The van der Waals surface area contributed by atoms with E-state index in [9.17, 15) is 26.7 Å². The summed E-state index contributed by atoms with van der Waals surface area (Å²) in [4.78, 5) is 17.0. The van der Waals surface area contributed by atoms with Gasteiger partial charge in [0.05, 0.1) is 24.1 Å². The summed E-state index contributed by atoms with van der Waals surface area (Å²) in [7, 11) is 1.38. The number of rotatable bonds is 6. The maximum absolute atomic E-state index is 13.5. The molecule has 7 nitrogen and oxygen atoms in total. The van der Waals surface area contributed by atoms with Gasteiger partial charge in [-0.25, -0.2) is 18.5 Å². The summed E-state index contributed by atoms with van der Waals surface area (Å²) >= 11 is 0. The summed E-state index contributed by atoms with van der Waals surface area (Å²) in [6.07, 6.45) is 0.0437. The van der Waals surface area contributed by atoms with Crippen LogP contribution in [0.3, 0.4) is 0 Å². The molecule has 0 aliphatic rings. The van der Waals surface area contributed by atoms with Crippen LogP contribution in [0.2, 0.25) is 0 Å². The van der Waals surface area contributed by atoms with Gasteiger partial charge in [0.25, 0.3) is 0 Å². The average Bonchev–Trinajstić information content (AvgIpc) is 3.21. The molecule has 0 unspecified atom stereocenters. The molecule has 0 spiro atoms. The zero-order valence-electron chi connectivity index (χ0n) is 20.0. The number of methoxy groups -OCH3 is 1. The minimum absolute atomic E-state index is 0.0578. The van der Waals surface area contributed by atoms with E-state index in [-0.39, 0.29) is 28.5 Å². The minimum atomic E-state index is -4.58. The third kappa shape index (κ3) is 5.64. The first kappa shape index (κ1) is 26.3. The maximum Gasteiger partial charge on any atom is 0.416 e. The molecule has 0 aliphatic carbocycles. The van der Waals surface area contributed by atoms with Gasteiger partial charge in [-0.1, -0.05) is 6.07 Å². The van der Waals surface area contributed by atoms with Gasteiger partial charge >= 0.3 is 6.18 Å². The second-order valence-corrected chi connectivity index (χ2v) is 8.12. The SMILES string of the molecule is COc1cc(-n2cc(F)c(F)c2)ccc1-n1ccc(=O)c(C(C=C(C)N)=Nc2cccc(C(F)(F)F)c2)n1. The zero-order chi connectivity index (χ0) is 27.6. The van der Waals surface area contributed by atoms with E-state index in [2.05, 4.69) is 10.1 Å². The quantitative estimate of drug-likeness (QED) is 0.271. The van der Waals surface area contributed by atoms with Crippen LogP contribution < -0.4 is 15.9 Å². The monoisotopic (exact) mass is 529 g/mol. The largest absolute Gasteiger partial charge is 0.494 e. The molecule has 196 valence electrons. The Morgan fingerprint density at radius 2 is 1.79 bits per heavy atom. The first-order valence-electron chi connectivity index (χ1n) is 11.0. The van der Waals surface area contributed by atoms with Crippen LogP contribution in [0.25, 0.3) is 11.4 Å². The summed E-state index contributed by atoms with van der Waals surface area (Å²) in [6, 6.07) is 10.1. The molecule has 4 rings (SSSR count). The Labute approximate surface area is 212 Å². The third-order valence-electron chi connectivity index (χ3n) is 5.28. The van der Waals surface area contributed by atoms with Crippen LogP contribution in [0.5, 0.6) is 5.75 Å². The number of allylic oxidation sites excluding steroid dienone is 2. The van der Waals surface area contributed by atoms with Crippen molar-refractivity contribution in [3.8, 4) is 17.1 Å². The van der Waals surface area contributed by atoms with Gasteiger partial charge in [0.15, 0.2) is 17.3 Å². The highest BCUT2D eigenvalue weighted by Gasteiger charge is 2.30. The Hall–Kier alpha value is -4.74. The molecular formula is C26H20F5N5O2. The van der Waals surface area contributed by atoms with Gasteiger partial charge in [-0.15, -0.1) is 0 Å². The molecule has 2 aromatic heterocycles. The first-order valence-corrected chi connectivity index (χ1v) is 11.0. The molecule has 0 radical (unpaired) electrons. The topological polar surface area (TPSA) is 87.4 Å². The van der Waals surface area contributed by atoms with Crippen LogP contribution in [-0.2, 0) is 6.18 Å². The van der Waals surface area contributed by atoms with E-state index < -0.39 is 28.8 Å². The normalized spacial score (nSPS) is 12.6. The lowest BCUT2D eigenvalue weighted by Gasteiger charge is -2.14. The number of benzene rings is 2. The average molecular weight is 529 g/mol. The predicted molar refractivity (Wildman–Crippen MR) is 131 cm³/mol. The summed E-state index contributed by atoms with van der Waals surface area (Å²) in [6.45, 7) is 1.53. The molecule has 0 aliphatic heterocycles. The second-order valence-electron chi connectivity index (χ2n) is 8.12. The summed E-state index contributed by atoms with van der Waals surface area (Å²) in [5.74, 6) is -1.78. The lowest BCUT2D eigenvalue weighted by Crippen LogP contribution is -2.21. The smallest absolute Gasteiger partial charge is 0.416 e. The van der Waals surface area contributed by atoms with Gasteiger partial charge in [0, 0.05) is 42.1 Å². The van der Waals surface area contributed by atoms with Gasteiger partial charge in [0.2, 0.25) is 5.43 Å². The fraction of sp³-hybridized carbons (Fsp3) is 0.115. The Morgan fingerprint density at radius 1 is 1.08 bits per heavy atom. The molecule has 0 fully saturated rings. The van der Waals surface area contributed by atoms with Gasteiger partial charge in [0.1, 0.15) is 11.4 Å². The summed E-state index contributed by atoms with van der Waals surface area (Å²) < 4.78 is 74.5. The minimum Gasteiger partial charge on any atom is -0.494 e. The van der Waals surface area contributed by atoms with E-state index in [1.54, 1.807) is 12.1 Å². The molecule has 38 heavy (non-hydrogen) atoms. The highest BCUT2D eigenvalue weighted by atomic mass is 19.4. The van der Waals surface area contributed by atoms with E-state index in [4.69, 9.17) is 10.5 Å². The van der Waals surface area contributed by atoms with Gasteiger partial charge in [-0.05, 0) is 43.3 Å². The molecule has 0 bridgehead atoms. The van der Waals surface area contributed by atoms with Crippen molar-refractivity contribution in [3.63, 3.8) is 0 Å². The predicted octanol–water partition coefficient (Wildman–Crippen LogP) is 5.31. The van der Waals surface area contributed by atoms with Crippen LogP contribution in [0, 0.1) is 11.6 Å². The van der Waals surface area contributed by atoms with Crippen molar-refractivity contribution in [2.24, 2.45) is 10.7 Å². The Bertz CT molecular complexity index is 1600. The molecular weight excluding hydrogens is 509 g/mol. The number of nitrogens with two attached hydrogens (primary N) is 1. The second kappa shape index (κ2) is 10.3. The number of nitrogens with zero attached hydrogens (tertiary/aromatic N) is 4. The molecule has 12 heteroatoms. The molecule has 0 saturated heterocycles. The highest BCUT2D eigenvalue weighted by Crippen LogP contribution is 2.31. The van der Waals surface area contributed by atoms with Crippen LogP contribution >= 0.6 is 0 Å². The van der Waals surface area contributed by atoms with Gasteiger partial charge in [-0.2, -0.15) is 18.3 Å². The molecule has 2 aromatic carbocycles. The van der Waals surface area contributed by atoms with Crippen molar-refractivity contribution < 1.29 is 26.7 Å². The van der Waals surface area contributed by atoms with Crippen molar-refractivity contribution in [2.45, 2.75) is 13.1 Å². The van der Waals surface area contributed by atoms with Crippen LogP contribution in [0.15, 0.2) is 88.7 Å². The fourth-order valence-electron chi connectivity index (χ4n) is 3.55. The third-order valence-corrected chi connectivity index (χ3v) is 5.28. The fourth-order valence-corrected chi connectivity index (χ4v) is 3.55. The lowest BCUT2D eigenvalue weighted by molar-refractivity contribution is -0.137. The zero-order valence-corrected chi connectivity index (χ0v) is 20.0. The van der Waals surface area contributed by atoms with Crippen molar-refractivity contribution in [1.29, 1.82) is 0 Å². The molecule has 2 heterocycles. The Balaban J connectivity index is 1.82. The first-order chi connectivity index (χ1) is 18.0. The molecule has 0 saturated carbocycles. The maximum atomic E-state index is 13.5. The van der Waals surface area contributed by atoms with Crippen LogP contribution in [0.1, 0.15) is 18.2 Å². The highest BCUT2D eigenvalue weighted by molar-refractivity contribution is 6.08. The molecule has 0 atom stereocenters. The van der Waals surface area contributed by atoms with E-state index in [0.717, 1.165) is 24.5 Å². The number of alkyl halides is 3. The number of hydrogen-bond acceptors (Lipinski definition) is 5. The van der Waals surface area contributed by atoms with E-state index in [1.165, 1.54) is 59.8 Å². The Morgan fingerprint density at radius 3 is 2.42 bits per heavy atom. The summed E-state index contributed by atoms with van der Waals surface area (Å²) in [5, 5.41) is 4.34. The number of aromatic nitrogens is 3. The number of ether oxygens (including phenoxy) is 1. The van der Waals surface area contributed by atoms with Crippen molar-refractivity contribution in [2.75, 3.05) is 7.11 Å². The Kier molecular flexibility index (Phi) is 7.15. The summed E-state index contributed by atoms with van der Waals surface area (Å²) in [5.41, 5.74) is 5.02.